The van der Waals surface area contributed by atoms with E-state index in [1.165, 1.54) is 34.6 Å². The number of benzene rings is 1. The summed E-state index contributed by atoms with van der Waals surface area (Å²) in [5.74, 6) is -2.82. The molecular formula is C25H30F3N3O5S. The average molecular weight is 542 g/mol. The number of carbonyl (C=O) groups excluding carboxylic acids is 2. The summed E-state index contributed by atoms with van der Waals surface area (Å²) in [6.45, 7) is 3.82. The first-order valence-corrected chi connectivity index (χ1v) is 12.9. The highest BCUT2D eigenvalue weighted by Crippen LogP contribution is 2.52. The average Bonchev–Trinajstić information content (AvgIpc) is 3.29. The van der Waals surface area contributed by atoms with Crippen molar-refractivity contribution in [2.24, 2.45) is 11.8 Å². The summed E-state index contributed by atoms with van der Waals surface area (Å²) in [7, 11) is 3.23. The van der Waals surface area contributed by atoms with Crippen LogP contribution in [0.3, 0.4) is 0 Å². The van der Waals surface area contributed by atoms with Crippen molar-refractivity contribution in [2.45, 2.75) is 56.4 Å². The first-order valence-electron chi connectivity index (χ1n) is 12.0. The molecule has 0 unspecified atom stereocenters. The van der Waals surface area contributed by atoms with Crippen LogP contribution in [0.5, 0.6) is 0 Å². The number of hydrogen-bond donors (Lipinski definition) is 2. The zero-order chi connectivity index (χ0) is 27.4. The molecule has 4 rings (SSSR count). The van der Waals surface area contributed by atoms with Crippen molar-refractivity contribution in [2.75, 3.05) is 20.6 Å². The van der Waals surface area contributed by atoms with Crippen LogP contribution in [0.4, 0.5) is 13.2 Å². The highest BCUT2D eigenvalue weighted by Gasteiger charge is 2.60. The molecule has 2 saturated heterocycles. The molecular weight excluding hydrogens is 511 g/mol. The molecule has 0 bridgehead atoms. The fourth-order valence-corrected chi connectivity index (χ4v) is 7.17. The molecule has 3 heterocycles. The zero-order valence-corrected chi connectivity index (χ0v) is 21.7. The predicted molar refractivity (Wildman–Crippen MR) is 130 cm³/mol. The number of aliphatic hydroxyl groups excluding tert-OH is 1. The maximum Gasteiger partial charge on any atom is 0.416 e. The van der Waals surface area contributed by atoms with Crippen LogP contribution in [0.2, 0.25) is 0 Å². The number of carboxylic acid groups (broad SMARTS) is 1. The lowest BCUT2D eigenvalue weighted by atomic mass is 9.79. The zero-order valence-electron chi connectivity index (χ0n) is 20.9. The fourth-order valence-electron chi connectivity index (χ4n) is 5.62. The number of halogens is 3. The van der Waals surface area contributed by atoms with Crippen molar-refractivity contribution in [1.29, 1.82) is 0 Å². The van der Waals surface area contributed by atoms with Gasteiger partial charge in [-0.3, -0.25) is 14.5 Å². The maximum atomic E-state index is 13.2. The van der Waals surface area contributed by atoms with Crippen LogP contribution < -0.4 is 0 Å². The Kier molecular flexibility index (Phi) is 7.39. The van der Waals surface area contributed by atoms with Gasteiger partial charge in [0.2, 0.25) is 11.8 Å². The van der Waals surface area contributed by atoms with Crippen molar-refractivity contribution in [3.05, 3.63) is 46.0 Å². The van der Waals surface area contributed by atoms with Gasteiger partial charge in [0.1, 0.15) is 5.70 Å². The molecule has 202 valence electrons. The van der Waals surface area contributed by atoms with E-state index in [9.17, 15) is 37.8 Å². The minimum Gasteiger partial charge on any atom is -0.477 e. The number of fused-ring (bicyclic) bond motifs is 1. The third-order valence-corrected chi connectivity index (χ3v) is 8.83. The quantitative estimate of drug-likeness (QED) is 0.512. The van der Waals surface area contributed by atoms with Crippen molar-refractivity contribution >= 4 is 29.5 Å². The largest absolute Gasteiger partial charge is 0.477 e. The van der Waals surface area contributed by atoms with Crippen LogP contribution in [0, 0.1) is 11.8 Å². The van der Waals surface area contributed by atoms with Crippen LogP contribution in [0.1, 0.15) is 31.4 Å². The number of hydrogen-bond acceptors (Lipinski definition) is 6. The van der Waals surface area contributed by atoms with Gasteiger partial charge in [0.15, 0.2) is 0 Å². The molecule has 0 spiro atoms. The second-order valence-corrected chi connectivity index (χ2v) is 11.5. The Morgan fingerprint density at radius 1 is 1.27 bits per heavy atom. The Morgan fingerprint density at radius 3 is 2.51 bits per heavy atom. The minimum atomic E-state index is -4.48. The van der Waals surface area contributed by atoms with Gasteiger partial charge in [-0.05, 0) is 25.0 Å². The van der Waals surface area contributed by atoms with Crippen molar-refractivity contribution in [1.82, 2.24) is 14.7 Å². The van der Waals surface area contributed by atoms with E-state index in [0.717, 1.165) is 12.1 Å². The van der Waals surface area contributed by atoms with Crippen LogP contribution in [0.15, 0.2) is 34.9 Å². The maximum absolute atomic E-state index is 13.2. The van der Waals surface area contributed by atoms with E-state index in [-0.39, 0.29) is 29.3 Å². The second kappa shape index (κ2) is 9.95. The lowest BCUT2D eigenvalue weighted by Crippen LogP contribution is -2.63. The number of nitrogens with zero attached hydrogens (tertiary/aromatic N) is 3. The summed E-state index contributed by atoms with van der Waals surface area (Å²) in [5, 5.41) is 19.7. The molecule has 6 atom stereocenters. The smallest absolute Gasteiger partial charge is 0.416 e. The molecule has 3 aliphatic rings. The standard InChI is InChI=1S/C25H30F3N3O5S/c1-12-19-18(13(2)32)23(34)31(19)20(24(35)36)21(12)37-16-9-17(22(33)29(3)4)30(11-16)10-14-6-5-7-15(8-14)25(26,27)28/h5-8,12-13,16-19,32H,9-11H2,1-4H3,(H,35,36)/t12-,13-,16+,17+,18-,19-/m1/s1. The normalized spacial score (nSPS) is 28.8. The molecule has 12 heteroatoms. The Hall–Kier alpha value is -2.57. The van der Waals surface area contributed by atoms with Crippen LogP contribution in [-0.4, -0.2) is 86.8 Å². The summed E-state index contributed by atoms with van der Waals surface area (Å²) < 4.78 is 39.7. The lowest BCUT2D eigenvalue weighted by molar-refractivity contribution is -0.163. The Bertz CT molecular complexity index is 1140. The van der Waals surface area contributed by atoms with Gasteiger partial charge in [-0.2, -0.15) is 13.2 Å². The molecule has 2 N–H and O–H groups in total. The van der Waals surface area contributed by atoms with E-state index in [0.29, 0.717) is 23.4 Å². The third-order valence-electron chi connectivity index (χ3n) is 7.34. The van der Waals surface area contributed by atoms with Gasteiger partial charge in [-0.1, -0.05) is 25.1 Å². The highest BCUT2D eigenvalue weighted by atomic mass is 32.2. The number of likely N-dealkylation sites (N-methyl/N-ethyl adjacent to an activating group) is 1. The highest BCUT2D eigenvalue weighted by molar-refractivity contribution is 8.03. The third kappa shape index (κ3) is 4.98. The number of carboxylic acids is 1. The first-order chi connectivity index (χ1) is 17.2. The molecule has 0 radical (unpaired) electrons. The molecule has 1 aromatic rings. The SMILES string of the molecule is C[C@@H](O)[C@H]1C(=O)N2C(C(=O)O)=C(S[C@H]3C[C@@H](C(=O)N(C)C)N(Cc4cccc(C(F)(F)F)c4)C3)[C@H](C)[C@H]12. The molecule has 2 fully saturated rings. The van der Waals surface area contributed by atoms with Crippen molar-refractivity contribution < 1.29 is 37.8 Å². The topological polar surface area (TPSA) is 101 Å². The van der Waals surface area contributed by atoms with Gasteiger partial charge in [-0.25, -0.2) is 4.79 Å². The number of alkyl halides is 3. The summed E-state index contributed by atoms with van der Waals surface area (Å²) in [6.07, 6.45) is -5.01. The van der Waals surface area contributed by atoms with Gasteiger partial charge >= 0.3 is 12.1 Å². The van der Waals surface area contributed by atoms with Gasteiger partial charge < -0.3 is 20.0 Å². The van der Waals surface area contributed by atoms with E-state index in [2.05, 4.69) is 0 Å². The first kappa shape index (κ1) is 27.5. The number of amides is 2. The number of aliphatic carboxylic acids is 1. The summed E-state index contributed by atoms with van der Waals surface area (Å²) in [5.41, 5.74) is -0.425. The molecule has 2 amide bonds. The van der Waals surface area contributed by atoms with Crippen molar-refractivity contribution in [3.63, 3.8) is 0 Å². The van der Waals surface area contributed by atoms with E-state index in [1.54, 1.807) is 20.2 Å². The molecule has 0 aliphatic carbocycles. The Balaban J connectivity index is 1.58. The Morgan fingerprint density at radius 2 is 1.95 bits per heavy atom. The second-order valence-electron chi connectivity index (χ2n) is 10.1. The number of carbonyl (C=O) groups is 3. The molecule has 1 aromatic carbocycles. The number of likely N-dealkylation sites (tertiary alicyclic amines) is 1. The number of aliphatic hydroxyl groups is 1. The predicted octanol–water partition coefficient (Wildman–Crippen LogP) is 2.62. The van der Waals surface area contributed by atoms with Crippen molar-refractivity contribution in [3.8, 4) is 0 Å². The van der Waals surface area contributed by atoms with Gasteiger partial charge in [-0.15, -0.1) is 11.8 Å². The summed E-state index contributed by atoms with van der Waals surface area (Å²) >= 11 is 1.31. The van der Waals surface area contributed by atoms with E-state index >= 15 is 0 Å². The molecule has 0 aromatic heterocycles. The number of rotatable bonds is 7. The van der Waals surface area contributed by atoms with Gasteiger partial charge in [0.25, 0.3) is 0 Å². The molecule has 8 nitrogen and oxygen atoms in total. The van der Waals surface area contributed by atoms with Gasteiger partial charge in [0, 0.05) is 43.3 Å². The van der Waals surface area contributed by atoms with Crippen LogP contribution in [0.25, 0.3) is 0 Å². The monoisotopic (exact) mass is 541 g/mol. The van der Waals surface area contributed by atoms with Crippen LogP contribution >= 0.6 is 11.8 Å². The number of β-lactam (4-membered cyclic amide) rings is 1. The Labute approximate surface area is 217 Å². The minimum absolute atomic E-state index is 0.0868. The molecule has 0 saturated carbocycles. The van der Waals surface area contributed by atoms with E-state index in [1.807, 2.05) is 11.8 Å². The summed E-state index contributed by atoms with van der Waals surface area (Å²) in [6, 6.07) is 3.98. The summed E-state index contributed by atoms with van der Waals surface area (Å²) in [4.78, 5) is 42.8. The van der Waals surface area contributed by atoms with Crippen LogP contribution in [-0.2, 0) is 27.1 Å². The van der Waals surface area contributed by atoms with Gasteiger partial charge in [0.05, 0.1) is 29.7 Å². The number of thioether (sulfide) groups is 1. The molecule has 3 aliphatic heterocycles. The van der Waals surface area contributed by atoms with E-state index in [4.69, 9.17) is 0 Å². The fraction of sp³-hybridized carbons (Fsp3) is 0.560. The lowest BCUT2D eigenvalue weighted by Gasteiger charge is -2.46. The molecule has 37 heavy (non-hydrogen) atoms. The van der Waals surface area contributed by atoms with E-state index < -0.39 is 47.7 Å².